The summed E-state index contributed by atoms with van der Waals surface area (Å²) in [5.74, 6) is -0.354. The molecule has 0 saturated carbocycles. The molecule has 0 amide bonds. The predicted octanol–water partition coefficient (Wildman–Crippen LogP) is 2.64. The Bertz CT molecular complexity index is 727. The first kappa shape index (κ1) is 15.0. The third kappa shape index (κ3) is 2.31. The first-order valence-electron chi connectivity index (χ1n) is 7.03. The highest BCUT2D eigenvalue weighted by molar-refractivity contribution is 5.54. The van der Waals surface area contributed by atoms with Crippen molar-refractivity contribution in [1.82, 2.24) is 0 Å². The van der Waals surface area contributed by atoms with Gasteiger partial charge in [0.1, 0.15) is 28.4 Å². The van der Waals surface area contributed by atoms with Gasteiger partial charge in [-0.15, -0.1) is 0 Å². The fourth-order valence-corrected chi connectivity index (χ4v) is 2.99. The number of phenols is 2. The van der Waals surface area contributed by atoms with Gasteiger partial charge in [0.05, 0.1) is 6.10 Å². The van der Waals surface area contributed by atoms with E-state index in [-0.39, 0.29) is 23.0 Å². The van der Waals surface area contributed by atoms with Crippen LogP contribution in [0.3, 0.4) is 0 Å². The topological polar surface area (TPSA) is 101 Å². The molecule has 3 rings (SSSR count). The van der Waals surface area contributed by atoms with Crippen LogP contribution in [0.5, 0.6) is 11.5 Å². The molecule has 1 unspecified atom stereocenters. The van der Waals surface area contributed by atoms with Crippen molar-refractivity contribution >= 4 is 0 Å². The van der Waals surface area contributed by atoms with E-state index in [1.54, 1.807) is 24.3 Å². The second-order valence-electron chi connectivity index (χ2n) is 5.47. The molecular weight excluding hydrogens is 296 g/mol. The van der Waals surface area contributed by atoms with Gasteiger partial charge in [-0.05, 0) is 41.5 Å². The monoisotopic (exact) mass is 312 g/mol. The minimum absolute atomic E-state index is 0.0572. The Morgan fingerprint density at radius 1 is 0.696 bits per heavy atom. The van der Waals surface area contributed by atoms with Crippen molar-refractivity contribution in [3.63, 3.8) is 0 Å². The Morgan fingerprint density at radius 3 is 1.52 bits per heavy atom. The summed E-state index contributed by atoms with van der Waals surface area (Å²) < 4.78 is 0. The van der Waals surface area contributed by atoms with Crippen LogP contribution in [-0.2, 0) is 5.41 Å². The van der Waals surface area contributed by atoms with Crippen LogP contribution in [0.1, 0.15) is 11.1 Å². The number of rotatable bonds is 2. The van der Waals surface area contributed by atoms with Crippen molar-refractivity contribution in [3.05, 3.63) is 83.3 Å². The van der Waals surface area contributed by atoms with Crippen LogP contribution in [0.4, 0.5) is 0 Å². The van der Waals surface area contributed by atoms with Crippen LogP contribution in [0.15, 0.2) is 72.2 Å². The second kappa shape index (κ2) is 5.37. The van der Waals surface area contributed by atoms with Gasteiger partial charge >= 0.3 is 0 Å². The van der Waals surface area contributed by atoms with E-state index in [1.165, 1.54) is 36.4 Å². The van der Waals surface area contributed by atoms with Crippen LogP contribution in [0, 0.1) is 0 Å². The molecule has 5 N–H and O–H groups in total. The number of phenolic OH excluding ortho intramolecular Hbond substituents is 2. The average molecular weight is 312 g/mol. The molecular formula is C18H16O5. The molecule has 5 heteroatoms. The molecule has 23 heavy (non-hydrogen) atoms. The van der Waals surface area contributed by atoms with Crippen molar-refractivity contribution < 1.29 is 25.5 Å². The summed E-state index contributed by atoms with van der Waals surface area (Å²) in [7, 11) is 0. The maximum atomic E-state index is 10.6. The number of hydrogen-bond acceptors (Lipinski definition) is 5. The predicted molar refractivity (Wildman–Crippen MR) is 84.4 cm³/mol. The Morgan fingerprint density at radius 2 is 1.13 bits per heavy atom. The van der Waals surface area contributed by atoms with Gasteiger partial charge in [-0.3, -0.25) is 0 Å². The van der Waals surface area contributed by atoms with Gasteiger partial charge < -0.3 is 25.5 Å². The lowest BCUT2D eigenvalue weighted by Gasteiger charge is -2.39. The molecule has 5 nitrogen and oxygen atoms in total. The Labute approximate surface area is 132 Å². The highest BCUT2D eigenvalue weighted by atomic mass is 16.3. The van der Waals surface area contributed by atoms with Crippen molar-refractivity contribution in [2.45, 2.75) is 11.5 Å². The number of aliphatic hydroxyl groups is 3. The molecule has 118 valence electrons. The van der Waals surface area contributed by atoms with E-state index in [9.17, 15) is 25.5 Å². The van der Waals surface area contributed by atoms with Gasteiger partial charge in [-0.25, -0.2) is 0 Å². The zero-order chi connectivity index (χ0) is 16.6. The van der Waals surface area contributed by atoms with Crippen molar-refractivity contribution in [1.29, 1.82) is 0 Å². The highest BCUT2D eigenvalue weighted by Crippen LogP contribution is 2.45. The number of aliphatic hydroxyl groups excluding tert-OH is 3. The molecule has 0 fully saturated rings. The van der Waals surface area contributed by atoms with E-state index < -0.39 is 11.5 Å². The summed E-state index contributed by atoms with van der Waals surface area (Å²) >= 11 is 0. The van der Waals surface area contributed by atoms with Crippen molar-refractivity contribution in [2.24, 2.45) is 0 Å². The molecule has 0 saturated heterocycles. The van der Waals surface area contributed by atoms with Gasteiger partial charge in [-0.2, -0.15) is 0 Å². The van der Waals surface area contributed by atoms with Crippen LogP contribution in [0.25, 0.3) is 0 Å². The van der Waals surface area contributed by atoms with E-state index in [2.05, 4.69) is 0 Å². The normalized spacial score (nSPS) is 19.8. The van der Waals surface area contributed by atoms with Crippen molar-refractivity contribution in [3.8, 4) is 11.5 Å². The third-order valence-electron chi connectivity index (χ3n) is 4.11. The zero-order valence-electron chi connectivity index (χ0n) is 12.1. The second-order valence-corrected chi connectivity index (χ2v) is 5.47. The molecule has 0 aromatic heterocycles. The molecule has 0 radical (unpaired) electrons. The van der Waals surface area contributed by atoms with Gasteiger partial charge in [0.15, 0.2) is 0 Å². The van der Waals surface area contributed by atoms with Crippen molar-refractivity contribution in [2.75, 3.05) is 0 Å². The Hall–Kier alpha value is -2.92. The van der Waals surface area contributed by atoms with Crippen LogP contribution >= 0.6 is 0 Å². The largest absolute Gasteiger partial charge is 0.511 e. The van der Waals surface area contributed by atoms with Gasteiger partial charge in [0, 0.05) is 6.08 Å². The maximum Gasteiger partial charge on any atom is 0.117 e. The summed E-state index contributed by atoms with van der Waals surface area (Å²) in [6, 6.07) is 12.2. The summed E-state index contributed by atoms with van der Waals surface area (Å²) in [5, 5.41) is 49.9. The Balaban J connectivity index is 2.28. The minimum Gasteiger partial charge on any atom is -0.511 e. The minimum atomic E-state index is -1.34. The van der Waals surface area contributed by atoms with E-state index >= 15 is 0 Å². The summed E-state index contributed by atoms with van der Waals surface area (Å²) in [6.45, 7) is 0. The fraction of sp³-hybridized carbons (Fsp3) is 0.111. The van der Waals surface area contributed by atoms with E-state index in [1.807, 2.05) is 0 Å². The lowest BCUT2D eigenvalue weighted by Crippen LogP contribution is -2.43. The van der Waals surface area contributed by atoms with Gasteiger partial charge in [0.2, 0.25) is 0 Å². The molecule has 0 bridgehead atoms. The van der Waals surface area contributed by atoms with E-state index in [0.717, 1.165) is 0 Å². The molecule has 1 aliphatic carbocycles. The average Bonchev–Trinajstić information content (AvgIpc) is 2.50. The summed E-state index contributed by atoms with van der Waals surface area (Å²) in [4.78, 5) is 0. The molecule has 0 heterocycles. The molecule has 1 atom stereocenters. The fourth-order valence-electron chi connectivity index (χ4n) is 2.99. The smallest absolute Gasteiger partial charge is 0.117 e. The first-order valence-corrected chi connectivity index (χ1v) is 7.03. The zero-order valence-corrected chi connectivity index (χ0v) is 12.1. The highest BCUT2D eigenvalue weighted by Gasteiger charge is 2.46. The molecule has 2 aromatic carbocycles. The SMILES string of the molecule is OC1=CC(O)C(c2ccc(O)cc2)(c2ccc(O)cc2)C(O)=C1. The van der Waals surface area contributed by atoms with Crippen LogP contribution in [0.2, 0.25) is 0 Å². The lowest BCUT2D eigenvalue weighted by atomic mass is 9.67. The third-order valence-corrected chi connectivity index (χ3v) is 4.11. The molecule has 0 aliphatic heterocycles. The number of aromatic hydroxyl groups is 2. The number of allylic oxidation sites excluding steroid dienone is 1. The lowest BCUT2D eigenvalue weighted by molar-refractivity contribution is 0.125. The number of benzene rings is 2. The van der Waals surface area contributed by atoms with E-state index in [0.29, 0.717) is 11.1 Å². The molecule has 2 aromatic rings. The van der Waals surface area contributed by atoms with Gasteiger partial charge in [0.25, 0.3) is 0 Å². The quantitative estimate of drug-likeness (QED) is 0.587. The summed E-state index contributed by atoms with van der Waals surface area (Å²) in [5.41, 5.74) is -0.273. The summed E-state index contributed by atoms with van der Waals surface area (Å²) in [6.07, 6.45) is 1.17. The van der Waals surface area contributed by atoms with Gasteiger partial charge in [-0.1, -0.05) is 24.3 Å². The Kier molecular flexibility index (Phi) is 3.50. The van der Waals surface area contributed by atoms with Crippen LogP contribution in [-0.4, -0.2) is 31.6 Å². The number of hydrogen-bond donors (Lipinski definition) is 5. The van der Waals surface area contributed by atoms with Crippen LogP contribution < -0.4 is 0 Å². The standard InChI is InChI=1S/C18H16O5/c19-13-5-1-11(2-6-13)18(12-3-7-14(20)8-4-12)16(22)9-15(21)10-17(18)23/h1-10,16,19-23H. The molecule has 1 aliphatic rings. The first-order chi connectivity index (χ1) is 10.9. The van der Waals surface area contributed by atoms with E-state index in [4.69, 9.17) is 0 Å². The maximum absolute atomic E-state index is 10.6. The molecule has 0 spiro atoms.